The Hall–Kier alpha value is -1.20. The number of benzene rings is 1. The second kappa shape index (κ2) is 8.26. The van der Waals surface area contributed by atoms with Gasteiger partial charge in [0, 0.05) is 18.5 Å². The van der Waals surface area contributed by atoms with Crippen LogP contribution in [0.2, 0.25) is 0 Å². The first-order valence-corrected chi connectivity index (χ1v) is 8.52. The molecular weight excluding hydrogens is 334 g/mol. The summed E-state index contributed by atoms with van der Waals surface area (Å²) in [5, 5.41) is 3.14. The fourth-order valence-corrected chi connectivity index (χ4v) is 4.27. The zero-order chi connectivity index (χ0) is 16.4. The molecule has 3 N–H and O–H groups in total. The fourth-order valence-electron chi connectivity index (χ4n) is 4.27. The Morgan fingerprint density at radius 2 is 1.88 bits per heavy atom. The molecule has 24 heavy (non-hydrogen) atoms. The maximum atomic E-state index is 13.6. The van der Waals surface area contributed by atoms with Crippen LogP contribution in [0.25, 0.3) is 0 Å². The van der Waals surface area contributed by atoms with Gasteiger partial charge in [0.2, 0.25) is 5.91 Å². The normalized spacial score (nSPS) is 28.8. The number of aryl methyl sites for hydroxylation is 1. The van der Waals surface area contributed by atoms with E-state index in [2.05, 4.69) is 5.32 Å². The van der Waals surface area contributed by atoms with Crippen LogP contribution in [0.5, 0.6) is 0 Å². The van der Waals surface area contributed by atoms with Gasteiger partial charge in [-0.3, -0.25) is 4.79 Å². The predicted molar refractivity (Wildman–Crippen MR) is 91.9 cm³/mol. The van der Waals surface area contributed by atoms with Crippen LogP contribution in [0.4, 0.5) is 8.78 Å². The van der Waals surface area contributed by atoms with E-state index in [9.17, 15) is 13.6 Å². The number of carbonyl (C=O) groups is 1. The van der Waals surface area contributed by atoms with E-state index in [-0.39, 0.29) is 48.8 Å². The largest absolute Gasteiger partial charge is 0.353 e. The minimum Gasteiger partial charge on any atom is -0.353 e. The number of fused-ring (bicyclic) bond motifs is 2. The molecule has 2 aliphatic rings. The molecule has 1 amide bonds. The van der Waals surface area contributed by atoms with Crippen molar-refractivity contribution in [3.05, 3.63) is 35.4 Å². The van der Waals surface area contributed by atoms with E-state index in [4.69, 9.17) is 5.73 Å². The van der Waals surface area contributed by atoms with Gasteiger partial charge in [-0.05, 0) is 67.7 Å². The van der Waals surface area contributed by atoms with Gasteiger partial charge in [0.05, 0.1) is 0 Å². The molecule has 2 bridgehead atoms. The van der Waals surface area contributed by atoms with Crippen LogP contribution in [0.3, 0.4) is 0 Å². The molecule has 0 aromatic heterocycles. The molecule has 2 saturated carbocycles. The quantitative estimate of drug-likeness (QED) is 0.867. The summed E-state index contributed by atoms with van der Waals surface area (Å²) in [6.45, 7) is 0. The molecule has 2 atom stereocenters. The highest BCUT2D eigenvalue weighted by Crippen LogP contribution is 2.39. The molecule has 0 radical (unpaired) electrons. The van der Waals surface area contributed by atoms with Gasteiger partial charge < -0.3 is 11.1 Å². The second-order valence-electron chi connectivity index (χ2n) is 7.01. The summed E-state index contributed by atoms with van der Waals surface area (Å²) < 4.78 is 26.8. The number of carbonyl (C=O) groups excluding carboxylic acids is 1. The minimum atomic E-state index is -0.474. The lowest BCUT2D eigenvalue weighted by molar-refractivity contribution is -0.123. The summed E-state index contributed by atoms with van der Waals surface area (Å²) in [4.78, 5) is 12.2. The van der Waals surface area contributed by atoms with Crippen LogP contribution in [-0.2, 0) is 11.2 Å². The maximum Gasteiger partial charge on any atom is 0.220 e. The van der Waals surface area contributed by atoms with Crippen LogP contribution < -0.4 is 11.1 Å². The van der Waals surface area contributed by atoms with E-state index in [1.807, 2.05) is 0 Å². The lowest BCUT2D eigenvalue weighted by Gasteiger charge is -2.45. The first-order valence-electron chi connectivity index (χ1n) is 8.52. The molecule has 3 nitrogen and oxygen atoms in total. The Labute approximate surface area is 147 Å². The highest BCUT2D eigenvalue weighted by atomic mass is 35.5. The molecular formula is C18H25ClF2N2O. The van der Waals surface area contributed by atoms with Crippen molar-refractivity contribution in [3.63, 3.8) is 0 Å². The van der Waals surface area contributed by atoms with Gasteiger partial charge in [0.25, 0.3) is 0 Å². The number of hydrogen-bond acceptors (Lipinski definition) is 2. The van der Waals surface area contributed by atoms with Crippen LogP contribution in [0.15, 0.2) is 18.2 Å². The van der Waals surface area contributed by atoms with E-state index in [0.29, 0.717) is 11.8 Å². The standard InChI is InChI=1S/C18H24F2N2O.ClH/c19-14-5-6-16(20)11(8-14)4-7-17(23)22-18-12-2-1-3-13(18)10-15(21)9-12;/h5-6,8,12-13,15,18H,1-4,7,9-10,21H2,(H,22,23);1H. The van der Waals surface area contributed by atoms with E-state index < -0.39 is 11.6 Å². The van der Waals surface area contributed by atoms with Gasteiger partial charge in [-0.15, -0.1) is 12.4 Å². The summed E-state index contributed by atoms with van der Waals surface area (Å²) in [6, 6.07) is 3.81. The van der Waals surface area contributed by atoms with Gasteiger partial charge in [-0.25, -0.2) is 8.78 Å². The number of nitrogens with two attached hydrogens (primary N) is 1. The lowest BCUT2D eigenvalue weighted by atomic mass is 9.67. The molecule has 0 spiro atoms. The third kappa shape index (κ3) is 4.45. The van der Waals surface area contributed by atoms with Crippen LogP contribution >= 0.6 is 12.4 Å². The average molecular weight is 359 g/mol. The zero-order valence-corrected chi connectivity index (χ0v) is 14.5. The van der Waals surface area contributed by atoms with E-state index in [0.717, 1.165) is 43.9 Å². The molecule has 2 fully saturated rings. The summed E-state index contributed by atoms with van der Waals surface area (Å²) >= 11 is 0. The third-order valence-corrected chi connectivity index (χ3v) is 5.33. The van der Waals surface area contributed by atoms with Crippen molar-refractivity contribution >= 4 is 18.3 Å². The number of halogens is 3. The van der Waals surface area contributed by atoms with Crippen molar-refractivity contribution in [1.29, 1.82) is 0 Å². The molecule has 1 aromatic carbocycles. The van der Waals surface area contributed by atoms with Crippen LogP contribution in [0.1, 0.15) is 44.1 Å². The van der Waals surface area contributed by atoms with Gasteiger partial charge in [-0.2, -0.15) is 0 Å². The van der Waals surface area contributed by atoms with Crippen molar-refractivity contribution in [2.75, 3.05) is 0 Å². The lowest BCUT2D eigenvalue weighted by Crippen LogP contribution is -2.53. The van der Waals surface area contributed by atoms with Crippen LogP contribution in [0, 0.1) is 23.5 Å². The number of nitrogens with one attached hydrogen (secondary N) is 1. The Morgan fingerprint density at radius 1 is 1.21 bits per heavy atom. The summed E-state index contributed by atoms with van der Waals surface area (Å²) in [5.74, 6) is -0.0805. The molecule has 2 unspecified atom stereocenters. The Balaban J connectivity index is 0.00000208. The first kappa shape index (κ1) is 19.1. The average Bonchev–Trinajstić information content (AvgIpc) is 2.49. The molecule has 0 saturated heterocycles. The minimum absolute atomic E-state index is 0. The third-order valence-electron chi connectivity index (χ3n) is 5.33. The molecule has 6 heteroatoms. The highest BCUT2D eigenvalue weighted by Gasteiger charge is 2.39. The van der Waals surface area contributed by atoms with Crippen molar-refractivity contribution < 1.29 is 13.6 Å². The molecule has 3 rings (SSSR count). The highest BCUT2D eigenvalue weighted by molar-refractivity contribution is 5.85. The van der Waals surface area contributed by atoms with Gasteiger partial charge in [0.1, 0.15) is 11.6 Å². The Bertz CT molecular complexity index is 570. The fraction of sp³-hybridized carbons (Fsp3) is 0.611. The molecule has 1 aromatic rings. The summed E-state index contributed by atoms with van der Waals surface area (Å²) in [6.07, 6.45) is 5.80. The van der Waals surface area contributed by atoms with Crippen LogP contribution in [-0.4, -0.2) is 18.0 Å². The Morgan fingerprint density at radius 3 is 2.54 bits per heavy atom. The van der Waals surface area contributed by atoms with Crippen molar-refractivity contribution in [2.24, 2.45) is 17.6 Å². The smallest absolute Gasteiger partial charge is 0.220 e. The summed E-state index contributed by atoms with van der Waals surface area (Å²) in [7, 11) is 0. The van der Waals surface area contributed by atoms with E-state index in [1.165, 1.54) is 6.42 Å². The van der Waals surface area contributed by atoms with Gasteiger partial charge >= 0.3 is 0 Å². The Kier molecular flexibility index (Phi) is 6.58. The van der Waals surface area contributed by atoms with Crippen molar-refractivity contribution in [3.8, 4) is 0 Å². The number of hydrogen-bond donors (Lipinski definition) is 2. The monoisotopic (exact) mass is 358 g/mol. The zero-order valence-electron chi connectivity index (χ0n) is 13.6. The van der Waals surface area contributed by atoms with Crippen molar-refractivity contribution in [2.45, 2.75) is 57.0 Å². The van der Waals surface area contributed by atoms with Gasteiger partial charge in [0.15, 0.2) is 0 Å². The topological polar surface area (TPSA) is 55.1 Å². The number of amides is 1. The van der Waals surface area contributed by atoms with Gasteiger partial charge in [-0.1, -0.05) is 6.42 Å². The molecule has 0 heterocycles. The number of rotatable bonds is 4. The summed E-state index contributed by atoms with van der Waals surface area (Å²) in [5.41, 5.74) is 6.35. The predicted octanol–water partition coefficient (Wildman–Crippen LogP) is 3.34. The van der Waals surface area contributed by atoms with E-state index >= 15 is 0 Å². The SMILES string of the molecule is Cl.NC1CC2CCCC(C1)C2NC(=O)CCc1cc(F)ccc1F. The molecule has 2 aliphatic carbocycles. The van der Waals surface area contributed by atoms with Crippen molar-refractivity contribution in [1.82, 2.24) is 5.32 Å². The maximum absolute atomic E-state index is 13.6. The van der Waals surface area contributed by atoms with E-state index in [1.54, 1.807) is 0 Å². The molecule has 134 valence electrons. The second-order valence-corrected chi connectivity index (χ2v) is 7.01. The first-order chi connectivity index (χ1) is 11.0. The molecule has 0 aliphatic heterocycles.